The van der Waals surface area contributed by atoms with Gasteiger partial charge in [-0.2, -0.15) is 0 Å². The summed E-state index contributed by atoms with van der Waals surface area (Å²) in [5.74, 6) is 2.81. The molecule has 0 saturated heterocycles. The molecule has 4 fully saturated rings. The van der Waals surface area contributed by atoms with Crippen LogP contribution in [-0.2, 0) is 9.53 Å². The third kappa shape index (κ3) is 3.85. The quantitative estimate of drug-likeness (QED) is 0.297. The van der Waals surface area contributed by atoms with Gasteiger partial charge < -0.3 is 4.74 Å². The molecular formula is C32H52O2. The highest BCUT2D eigenvalue weighted by molar-refractivity contribution is 5.66. The molecule has 0 aromatic carbocycles. The first-order chi connectivity index (χ1) is 15.8. The van der Waals surface area contributed by atoms with Crippen LogP contribution < -0.4 is 0 Å². The fraction of sp³-hybridized carbons (Fsp3) is 0.844. The molecule has 0 N–H and O–H groups in total. The van der Waals surface area contributed by atoms with Gasteiger partial charge in [0.2, 0.25) is 0 Å². The molecule has 0 aliphatic heterocycles. The summed E-state index contributed by atoms with van der Waals surface area (Å²) in [6, 6.07) is 0. The Hall–Kier alpha value is -1.05. The van der Waals surface area contributed by atoms with Gasteiger partial charge in [0.15, 0.2) is 0 Å². The average Bonchev–Trinajstić information content (AvgIpc) is 3.08. The predicted octanol–water partition coefficient (Wildman–Crippen LogP) is 8.91. The van der Waals surface area contributed by atoms with Crippen LogP contribution in [0, 0.1) is 45.3 Å². The van der Waals surface area contributed by atoms with Crippen LogP contribution in [0.15, 0.2) is 23.8 Å². The first-order valence-electron chi connectivity index (χ1n) is 14.3. The Morgan fingerprint density at radius 1 is 0.882 bits per heavy atom. The monoisotopic (exact) mass is 468 g/mol. The molecule has 0 bridgehead atoms. The first-order valence-corrected chi connectivity index (χ1v) is 14.3. The molecule has 4 aliphatic rings. The molecule has 4 aliphatic carbocycles. The Bertz CT molecular complexity index is 847. The average molecular weight is 469 g/mol. The number of ether oxygens (including phenoxy) is 1. The number of esters is 1. The summed E-state index contributed by atoms with van der Waals surface area (Å²) in [5.41, 5.74) is 4.17. The van der Waals surface area contributed by atoms with Crippen molar-refractivity contribution in [2.75, 3.05) is 0 Å². The molecule has 0 heterocycles. The lowest BCUT2D eigenvalue weighted by Gasteiger charge is -2.70. The van der Waals surface area contributed by atoms with Gasteiger partial charge in [0.1, 0.15) is 6.10 Å². The summed E-state index contributed by atoms with van der Waals surface area (Å²) in [7, 11) is 0. The van der Waals surface area contributed by atoms with Gasteiger partial charge in [-0.25, -0.2) is 0 Å². The lowest BCUT2D eigenvalue weighted by atomic mass is 9.35. The van der Waals surface area contributed by atoms with Gasteiger partial charge >= 0.3 is 5.97 Å². The van der Waals surface area contributed by atoms with E-state index in [9.17, 15) is 4.79 Å². The molecule has 2 heteroatoms. The van der Waals surface area contributed by atoms with E-state index in [0.717, 1.165) is 37.0 Å². The standard InChI is InChI=1S/C32H52O2/c1-21(2)11-10-12-22(3)24-15-19-31(8)25(24)13-14-27-30(7)18-17-28(34-23(4)33)29(5,6)26(30)16-20-32(27,31)9/h11,24-28H,3,10,12-20H2,1-2,4-9H3/t24-,25+,26+,27+,28+,30+,31-,32-/m1/s1. The molecule has 4 rings (SSSR count). The van der Waals surface area contributed by atoms with Gasteiger partial charge in [-0.15, -0.1) is 0 Å². The lowest BCUT2D eigenvalue weighted by Crippen LogP contribution is -2.64. The van der Waals surface area contributed by atoms with Crippen LogP contribution in [-0.4, -0.2) is 12.1 Å². The van der Waals surface area contributed by atoms with Crippen LogP contribution >= 0.6 is 0 Å². The summed E-state index contributed by atoms with van der Waals surface area (Å²) in [6.07, 6.45) is 15.1. The molecule has 0 radical (unpaired) electrons. The summed E-state index contributed by atoms with van der Waals surface area (Å²) < 4.78 is 5.89. The zero-order valence-corrected chi connectivity index (χ0v) is 23.6. The van der Waals surface area contributed by atoms with Crippen molar-refractivity contribution in [2.24, 2.45) is 45.3 Å². The smallest absolute Gasteiger partial charge is 0.302 e. The van der Waals surface area contributed by atoms with Gasteiger partial charge in [0.25, 0.3) is 0 Å². The number of hydrogen-bond acceptors (Lipinski definition) is 2. The molecule has 0 aromatic rings. The maximum absolute atomic E-state index is 11.8. The van der Waals surface area contributed by atoms with Crippen molar-refractivity contribution in [3.8, 4) is 0 Å². The van der Waals surface area contributed by atoms with E-state index < -0.39 is 0 Å². The lowest BCUT2D eigenvalue weighted by molar-refractivity contribution is -0.226. The van der Waals surface area contributed by atoms with Crippen molar-refractivity contribution < 1.29 is 9.53 Å². The molecule has 4 saturated carbocycles. The topological polar surface area (TPSA) is 26.3 Å². The van der Waals surface area contributed by atoms with E-state index in [4.69, 9.17) is 4.74 Å². The molecule has 0 spiro atoms. The van der Waals surface area contributed by atoms with Crippen molar-refractivity contribution in [3.63, 3.8) is 0 Å². The van der Waals surface area contributed by atoms with E-state index in [-0.39, 0.29) is 17.5 Å². The summed E-state index contributed by atoms with van der Waals surface area (Å²) >= 11 is 0. The normalized spacial score (nSPS) is 44.9. The minimum atomic E-state index is -0.114. The zero-order valence-electron chi connectivity index (χ0n) is 23.6. The highest BCUT2D eigenvalue weighted by Crippen LogP contribution is 2.75. The highest BCUT2D eigenvalue weighted by Gasteiger charge is 2.68. The minimum Gasteiger partial charge on any atom is -0.462 e. The minimum absolute atomic E-state index is 0.0508. The highest BCUT2D eigenvalue weighted by atomic mass is 16.5. The fourth-order valence-corrected chi connectivity index (χ4v) is 10.4. The van der Waals surface area contributed by atoms with Crippen molar-refractivity contribution in [3.05, 3.63) is 23.8 Å². The van der Waals surface area contributed by atoms with E-state index in [1.54, 1.807) is 6.92 Å². The maximum atomic E-state index is 11.8. The molecule has 2 nitrogen and oxygen atoms in total. The number of rotatable bonds is 5. The van der Waals surface area contributed by atoms with Gasteiger partial charge in [-0.1, -0.05) is 58.4 Å². The SMILES string of the molecule is C=C(CCC=C(C)C)[C@H]1CC[C@]2(C)[C@H]1CC[C@H]1[C@@]3(C)CC[C@H](OC(C)=O)C(C)(C)[C@@H]3CC[C@]12C. The van der Waals surface area contributed by atoms with Crippen molar-refractivity contribution >= 4 is 5.97 Å². The number of allylic oxidation sites excluding steroid dienone is 3. The molecule has 0 unspecified atom stereocenters. The maximum Gasteiger partial charge on any atom is 0.302 e. The van der Waals surface area contributed by atoms with Gasteiger partial charge in [-0.3, -0.25) is 4.79 Å². The molecule has 0 amide bonds. The second-order valence-corrected chi connectivity index (χ2v) is 14.3. The predicted molar refractivity (Wildman–Crippen MR) is 142 cm³/mol. The Labute approximate surface area is 210 Å². The van der Waals surface area contributed by atoms with Crippen LogP contribution in [0.3, 0.4) is 0 Å². The van der Waals surface area contributed by atoms with E-state index >= 15 is 0 Å². The molecular weight excluding hydrogens is 416 g/mol. The first kappa shape index (κ1) is 26.0. The Balaban J connectivity index is 1.57. The van der Waals surface area contributed by atoms with Crippen LogP contribution in [0.4, 0.5) is 0 Å². The fourth-order valence-electron chi connectivity index (χ4n) is 10.4. The van der Waals surface area contributed by atoms with Crippen LogP contribution in [0.5, 0.6) is 0 Å². The van der Waals surface area contributed by atoms with Crippen LogP contribution in [0.25, 0.3) is 0 Å². The Morgan fingerprint density at radius 3 is 2.21 bits per heavy atom. The van der Waals surface area contributed by atoms with E-state index in [1.807, 2.05) is 0 Å². The summed E-state index contributed by atoms with van der Waals surface area (Å²) in [4.78, 5) is 11.8. The second-order valence-electron chi connectivity index (χ2n) is 14.3. The largest absolute Gasteiger partial charge is 0.462 e. The Morgan fingerprint density at radius 2 is 1.56 bits per heavy atom. The van der Waals surface area contributed by atoms with E-state index in [1.165, 1.54) is 56.1 Å². The number of fused-ring (bicyclic) bond motifs is 5. The Kier molecular flexibility index (Phi) is 6.74. The third-order valence-electron chi connectivity index (χ3n) is 12.2. The van der Waals surface area contributed by atoms with Crippen molar-refractivity contribution in [1.82, 2.24) is 0 Å². The molecule has 8 atom stereocenters. The van der Waals surface area contributed by atoms with Crippen molar-refractivity contribution in [1.29, 1.82) is 0 Å². The number of hydrogen-bond donors (Lipinski definition) is 0. The van der Waals surface area contributed by atoms with Gasteiger partial charge in [-0.05, 0) is 118 Å². The third-order valence-corrected chi connectivity index (χ3v) is 12.2. The summed E-state index contributed by atoms with van der Waals surface area (Å²) in [6.45, 7) is 23.4. The van der Waals surface area contributed by atoms with Crippen LogP contribution in [0.1, 0.15) is 120 Å². The zero-order chi connectivity index (χ0) is 25.1. The number of carbonyl (C=O) groups excluding carboxylic acids is 1. The molecule has 192 valence electrons. The summed E-state index contributed by atoms with van der Waals surface area (Å²) in [5, 5.41) is 0. The van der Waals surface area contributed by atoms with Gasteiger partial charge in [0.05, 0.1) is 0 Å². The van der Waals surface area contributed by atoms with Gasteiger partial charge in [0, 0.05) is 12.3 Å². The second kappa shape index (κ2) is 8.81. The number of carbonyl (C=O) groups is 1. The van der Waals surface area contributed by atoms with E-state index in [2.05, 4.69) is 61.1 Å². The van der Waals surface area contributed by atoms with Crippen molar-refractivity contribution in [2.45, 2.75) is 126 Å². The van der Waals surface area contributed by atoms with E-state index in [0.29, 0.717) is 22.2 Å². The molecule has 0 aromatic heterocycles. The van der Waals surface area contributed by atoms with Crippen LogP contribution in [0.2, 0.25) is 0 Å². The molecule has 34 heavy (non-hydrogen) atoms.